The number of rotatable bonds is 5. The summed E-state index contributed by atoms with van der Waals surface area (Å²) in [7, 11) is 1.84. The number of amides is 1. The van der Waals surface area contributed by atoms with Gasteiger partial charge in [0.25, 0.3) is 5.91 Å². The third-order valence-corrected chi connectivity index (χ3v) is 4.34. The maximum absolute atomic E-state index is 12.4. The fourth-order valence-corrected chi connectivity index (χ4v) is 2.91. The molecule has 2 aromatic rings. The molecule has 24 heavy (non-hydrogen) atoms. The largest absolute Gasteiger partial charge is 0.373 e. The first-order chi connectivity index (χ1) is 11.8. The molecule has 0 atom stereocenters. The zero-order chi connectivity index (χ0) is 16.8. The summed E-state index contributed by atoms with van der Waals surface area (Å²) in [6, 6.07) is 11.6. The Bertz CT molecular complexity index is 735. The molecule has 4 nitrogen and oxygen atoms in total. The number of benzene rings is 1. The van der Waals surface area contributed by atoms with Crippen molar-refractivity contribution < 1.29 is 4.79 Å². The van der Waals surface area contributed by atoms with Gasteiger partial charge >= 0.3 is 0 Å². The van der Waals surface area contributed by atoms with E-state index in [-0.39, 0.29) is 5.91 Å². The Morgan fingerprint density at radius 3 is 2.79 bits per heavy atom. The second-order valence-corrected chi connectivity index (χ2v) is 6.05. The van der Waals surface area contributed by atoms with Gasteiger partial charge in [-0.25, -0.2) is 4.98 Å². The SMILES string of the molecule is CNc1ccc(-c2cccc(C(=O)NCC3=CCCCC3)c2)cn1. The molecule has 1 amide bonds. The van der Waals surface area contributed by atoms with Gasteiger partial charge in [0, 0.05) is 30.9 Å². The van der Waals surface area contributed by atoms with Crippen molar-refractivity contribution in [2.75, 3.05) is 18.9 Å². The minimum Gasteiger partial charge on any atom is -0.373 e. The molecule has 0 spiro atoms. The van der Waals surface area contributed by atoms with Gasteiger partial charge in [0.1, 0.15) is 5.82 Å². The van der Waals surface area contributed by atoms with Crippen LogP contribution in [0.15, 0.2) is 54.2 Å². The van der Waals surface area contributed by atoms with Crippen LogP contribution in [0.1, 0.15) is 36.0 Å². The monoisotopic (exact) mass is 321 g/mol. The van der Waals surface area contributed by atoms with E-state index < -0.39 is 0 Å². The molecule has 1 heterocycles. The fourth-order valence-electron chi connectivity index (χ4n) is 2.91. The van der Waals surface area contributed by atoms with E-state index in [1.807, 2.05) is 49.6 Å². The highest BCUT2D eigenvalue weighted by Crippen LogP contribution is 2.21. The standard InChI is InChI=1S/C20H23N3O/c1-21-19-11-10-18(14-22-19)16-8-5-9-17(12-16)20(24)23-13-15-6-3-2-4-7-15/h5-6,8-12,14H,2-4,7,13H2,1H3,(H,21,22)(H,23,24). The van der Waals surface area contributed by atoms with Crippen molar-refractivity contribution in [2.24, 2.45) is 0 Å². The third-order valence-electron chi connectivity index (χ3n) is 4.34. The lowest BCUT2D eigenvalue weighted by atomic mass is 9.99. The van der Waals surface area contributed by atoms with Crippen LogP contribution in [0.4, 0.5) is 5.82 Å². The van der Waals surface area contributed by atoms with Crippen LogP contribution < -0.4 is 10.6 Å². The van der Waals surface area contributed by atoms with Gasteiger partial charge in [-0.2, -0.15) is 0 Å². The summed E-state index contributed by atoms with van der Waals surface area (Å²) >= 11 is 0. The van der Waals surface area contributed by atoms with Crippen LogP contribution in [-0.2, 0) is 0 Å². The molecule has 0 unspecified atom stereocenters. The van der Waals surface area contributed by atoms with Gasteiger partial charge in [-0.05, 0) is 55.5 Å². The fraction of sp³-hybridized carbons (Fsp3) is 0.300. The van der Waals surface area contributed by atoms with E-state index >= 15 is 0 Å². The molecule has 1 aromatic carbocycles. The number of pyridine rings is 1. The number of carbonyl (C=O) groups is 1. The van der Waals surface area contributed by atoms with Crippen LogP contribution in [0, 0.1) is 0 Å². The lowest BCUT2D eigenvalue weighted by Gasteiger charge is -2.13. The van der Waals surface area contributed by atoms with E-state index in [4.69, 9.17) is 0 Å². The Kier molecular flexibility index (Phi) is 5.26. The number of nitrogens with zero attached hydrogens (tertiary/aromatic N) is 1. The second-order valence-electron chi connectivity index (χ2n) is 6.05. The van der Waals surface area contributed by atoms with Gasteiger partial charge in [0.05, 0.1) is 0 Å². The van der Waals surface area contributed by atoms with Crippen LogP contribution in [0.2, 0.25) is 0 Å². The van der Waals surface area contributed by atoms with Crippen molar-refractivity contribution >= 4 is 11.7 Å². The molecule has 1 aromatic heterocycles. The predicted molar refractivity (Wildman–Crippen MR) is 98.1 cm³/mol. The highest BCUT2D eigenvalue weighted by Gasteiger charge is 2.09. The van der Waals surface area contributed by atoms with E-state index in [0.29, 0.717) is 12.1 Å². The van der Waals surface area contributed by atoms with E-state index in [2.05, 4.69) is 21.7 Å². The normalized spacial score (nSPS) is 14.0. The second kappa shape index (κ2) is 7.77. The number of carbonyl (C=O) groups excluding carboxylic acids is 1. The number of anilines is 1. The number of nitrogens with one attached hydrogen (secondary N) is 2. The molecule has 0 bridgehead atoms. The van der Waals surface area contributed by atoms with Gasteiger partial charge in [-0.1, -0.05) is 23.8 Å². The van der Waals surface area contributed by atoms with Gasteiger partial charge in [-0.15, -0.1) is 0 Å². The van der Waals surface area contributed by atoms with E-state index in [1.165, 1.54) is 18.4 Å². The molecule has 3 rings (SSSR count). The number of hydrogen-bond acceptors (Lipinski definition) is 3. The van der Waals surface area contributed by atoms with Gasteiger partial charge in [0.2, 0.25) is 0 Å². The Labute approximate surface area is 143 Å². The summed E-state index contributed by atoms with van der Waals surface area (Å²) in [6.45, 7) is 0.654. The number of allylic oxidation sites excluding steroid dienone is 1. The molecule has 1 aliphatic carbocycles. The molecule has 0 radical (unpaired) electrons. The number of aromatic nitrogens is 1. The van der Waals surface area contributed by atoms with Crippen LogP contribution >= 0.6 is 0 Å². The van der Waals surface area contributed by atoms with Crippen LogP contribution in [0.5, 0.6) is 0 Å². The smallest absolute Gasteiger partial charge is 0.251 e. The summed E-state index contributed by atoms with van der Waals surface area (Å²) < 4.78 is 0. The highest BCUT2D eigenvalue weighted by molar-refractivity contribution is 5.95. The lowest BCUT2D eigenvalue weighted by molar-refractivity contribution is 0.0956. The highest BCUT2D eigenvalue weighted by atomic mass is 16.1. The first-order valence-corrected chi connectivity index (χ1v) is 8.46. The number of hydrogen-bond donors (Lipinski definition) is 2. The summed E-state index contributed by atoms with van der Waals surface area (Å²) in [5, 5.41) is 6.04. The summed E-state index contributed by atoms with van der Waals surface area (Å²) in [5.41, 5.74) is 4.02. The Morgan fingerprint density at radius 2 is 2.08 bits per heavy atom. The topological polar surface area (TPSA) is 54.0 Å². The Hall–Kier alpha value is -2.62. The van der Waals surface area contributed by atoms with Gasteiger partial charge < -0.3 is 10.6 Å². The van der Waals surface area contributed by atoms with Crippen LogP contribution in [0.3, 0.4) is 0 Å². The predicted octanol–water partition coefficient (Wildman–Crippen LogP) is 4.02. The molecule has 2 N–H and O–H groups in total. The minimum absolute atomic E-state index is 0.0249. The molecule has 1 aliphatic rings. The maximum atomic E-state index is 12.4. The average molecular weight is 321 g/mol. The minimum atomic E-state index is -0.0249. The zero-order valence-electron chi connectivity index (χ0n) is 14.0. The van der Waals surface area contributed by atoms with Crippen molar-refractivity contribution in [1.29, 1.82) is 0 Å². The average Bonchev–Trinajstić information content (AvgIpc) is 2.67. The van der Waals surface area contributed by atoms with E-state index in [9.17, 15) is 4.79 Å². The van der Waals surface area contributed by atoms with Crippen molar-refractivity contribution in [3.05, 3.63) is 59.8 Å². The third kappa shape index (κ3) is 4.02. The van der Waals surface area contributed by atoms with E-state index in [1.54, 1.807) is 0 Å². The molecule has 0 aliphatic heterocycles. The van der Waals surface area contributed by atoms with Crippen molar-refractivity contribution in [3.8, 4) is 11.1 Å². The first-order valence-electron chi connectivity index (χ1n) is 8.46. The van der Waals surface area contributed by atoms with E-state index in [0.717, 1.165) is 29.8 Å². The summed E-state index contributed by atoms with van der Waals surface area (Å²) in [6.07, 6.45) is 8.80. The molecule has 124 valence electrons. The molecular formula is C20H23N3O. The molecule has 0 fully saturated rings. The summed E-state index contributed by atoms with van der Waals surface area (Å²) in [5.74, 6) is 0.802. The van der Waals surface area contributed by atoms with Crippen molar-refractivity contribution in [3.63, 3.8) is 0 Å². The van der Waals surface area contributed by atoms with Crippen LogP contribution in [-0.4, -0.2) is 24.5 Å². The van der Waals surface area contributed by atoms with Crippen LogP contribution in [0.25, 0.3) is 11.1 Å². The molecule has 0 saturated heterocycles. The van der Waals surface area contributed by atoms with Crippen molar-refractivity contribution in [1.82, 2.24) is 10.3 Å². The molecule has 0 saturated carbocycles. The molecule has 4 heteroatoms. The summed E-state index contributed by atoms with van der Waals surface area (Å²) in [4.78, 5) is 16.7. The first kappa shape index (κ1) is 16.2. The van der Waals surface area contributed by atoms with Gasteiger partial charge in [-0.3, -0.25) is 4.79 Å². The quantitative estimate of drug-likeness (QED) is 0.818. The van der Waals surface area contributed by atoms with Gasteiger partial charge in [0.15, 0.2) is 0 Å². The maximum Gasteiger partial charge on any atom is 0.251 e. The Morgan fingerprint density at radius 1 is 1.17 bits per heavy atom. The van der Waals surface area contributed by atoms with Crippen molar-refractivity contribution in [2.45, 2.75) is 25.7 Å². The lowest BCUT2D eigenvalue weighted by Crippen LogP contribution is -2.26. The Balaban J connectivity index is 1.69. The zero-order valence-corrected chi connectivity index (χ0v) is 14.0. The molecular weight excluding hydrogens is 298 g/mol.